The number of hydrogen-bond donors (Lipinski definition) is 0. The van der Waals surface area contributed by atoms with Crippen molar-refractivity contribution in [3.8, 4) is 6.07 Å². The average molecular weight is 299 g/mol. The predicted octanol–water partition coefficient (Wildman–Crippen LogP) is 2.89. The monoisotopic (exact) mass is 299 g/mol. The molecule has 0 aliphatic heterocycles. The van der Waals surface area contributed by atoms with Crippen molar-refractivity contribution in [3.63, 3.8) is 0 Å². The largest absolute Gasteiger partial charge is 0.340 e. The van der Waals surface area contributed by atoms with E-state index in [9.17, 15) is 4.79 Å². The van der Waals surface area contributed by atoms with Crippen LogP contribution in [0.2, 0.25) is 0 Å². The van der Waals surface area contributed by atoms with E-state index in [1.807, 2.05) is 7.05 Å². The molecule has 0 atom stereocenters. The van der Waals surface area contributed by atoms with Crippen LogP contribution >= 0.6 is 0 Å². The maximum Gasteiger partial charge on any atom is 0.253 e. The minimum atomic E-state index is -0.0193. The van der Waals surface area contributed by atoms with Gasteiger partial charge in [0.1, 0.15) is 0 Å². The lowest BCUT2D eigenvalue weighted by molar-refractivity contribution is 0.0767. The highest BCUT2D eigenvalue weighted by Gasteiger charge is 2.19. The fourth-order valence-corrected chi connectivity index (χ4v) is 3.06. The molecular formula is C18H25N3O. The molecule has 1 fully saturated rings. The van der Waals surface area contributed by atoms with Crippen molar-refractivity contribution in [2.75, 3.05) is 27.2 Å². The first kappa shape index (κ1) is 16.5. The number of likely N-dealkylation sites (N-methyl/N-ethyl adjacent to an activating group) is 2. The smallest absolute Gasteiger partial charge is 0.253 e. The third-order valence-electron chi connectivity index (χ3n) is 4.57. The van der Waals surface area contributed by atoms with E-state index in [2.05, 4.69) is 18.0 Å². The van der Waals surface area contributed by atoms with E-state index in [0.29, 0.717) is 23.7 Å². The molecule has 1 aromatic carbocycles. The maximum atomic E-state index is 12.4. The Bertz CT molecular complexity index is 544. The van der Waals surface area contributed by atoms with Gasteiger partial charge in [-0.05, 0) is 38.1 Å². The Balaban J connectivity index is 1.86. The lowest BCUT2D eigenvalue weighted by Gasteiger charge is -2.32. The first-order valence-electron chi connectivity index (χ1n) is 8.07. The van der Waals surface area contributed by atoms with E-state index >= 15 is 0 Å². The van der Waals surface area contributed by atoms with Gasteiger partial charge in [-0.2, -0.15) is 5.26 Å². The van der Waals surface area contributed by atoms with Gasteiger partial charge in [0.2, 0.25) is 0 Å². The summed E-state index contributed by atoms with van der Waals surface area (Å²) >= 11 is 0. The second-order valence-corrected chi connectivity index (χ2v) is 6.19. The molecule has 0 spiro atoms. The second kappa shape index (κ2) is 7.95. The van der Waals surface area contributed by atoms with Crippen molar-refractivity contribution in [1.82, 2.24) is 9.80 Å². The van der Waals surface area contributed by atoms with Gasteiger partial charge >= 0.3 is 0 Å². The molecule has 1 amide bonds. The molecule has 1 saturated carbocycles. The molecule has 0 unspecified atom stereocenters. The quantitative estimate of drug-likeness (QED) is 0.840. The number of rotatable bonds is 5. The van der Waals surface area contributed by atoms with Crippen molar-refractivity contribution >= 4 is 5.91 Å². The summed E-state index contributed by atoms with van der Waals surface area (Å²) in [4.78, 5) is 16.5. The van der Waals surface area contributed by atoms with Gasteiger partial charge < -0.3 is 9.80 Å². The van der Waals surface area contributed by atoms with Gasteiger partial charge in [-0.3, -0.25) is 4.79 Å². The van der Waals surface area contributed by atoms with Crippen LogP contribution in [0.3, 0.4) is 0 Å². The van der Waals surface area contributed by atoms with Gasteiger partial charge in [0.05, 0.1) is 11.6 Å². The number of carbonyl (C=O) groups is 1. The van der Waals surface area contributed by atoms with Crippen molar-refractivity contribution in [1.29, 1.82) is 5.26 Å². The molecule has 118 valence electrons. The number of nitriles is 1. The molecule has 4 heteroatoms. The topological polar surface area (TPSA) is 47.3 Å². The van der Waals surface area contributed by atoms with Crippen molar-refractivity contribution < 1.29 is 4.79 Å². The molecule has 1 aliphatic carbocycles. The molecule has 0 N–H and O–H groups in total. The predicted molar refractivity (Wildman–Crippen MR) is 87.6 cm³/mol. The Morgan fingerprint density at radius 2 is 1.95 bits per heavy atom. The van der Waals surface area contributed by atoms with E-state index in [4.69, 9.17) is 5.26 Å². The summed E-state index contributed by atoms with van der Waals surface area (Å²) in [6.07, 6.45) is 6.56. The number of benzene rings is 1. The molecule has 0 aromatic heterocycles. The van der Waals surface area contributed by atoms with Crippen LogP contribution in [0.4, 0.5) is 0 Å². The van der Waals surface area contributed by atoms with Crippen LogP contribution < -0.4 is 0 Å². The Kier molecular flexibility index (Phi) is 5.97. The van der Waals surface area contributed by atoms with Crippen molar-refractivity contribution in [2.24, 2.45) is 0 Å². The fourth-order valence-electron chi connectivity index (χ4n) is 3.06. The highest BCUT2D eigenvalue weighted by atomic mass is 16.2. The second-order valence-electron chi connectivity index (χ2n) is 6.19. The zero-order valence-electron chi connectivity index (χ0n) is 13.6. The third kappa shape index (κ3) is 4.32. The summed E-state index contributed by atoms with van der Waals surface area (Å²) in [7, 11) is 3.99. The van der Waals surface area contributed by atoms with Crippen LogP contribution in [0.1, 0.15) is 48.0 Å². The Morgan fingerprint density at radius 1 is 1.23 bits per heavy atom. The van der Waals surface area contributed by atoms with E-state index in [0.717, 1.165) is 6.54 Å². The number of hydrogen-bond acceptors (Lipinski definition) is 3. The highest BCUT2D eigenvalue weighted by molar-refractivity contribution is 5.94. The Hall–Kier alpha value is -1.86. The highest BCUT2D eigenvalue weighted by Crippen LogP contribution is 2.21. The summed E-state index contributed by atoms with van der Waals surface area (Å²) in [5.74, 6) is -0.0193. The molecule has 4 nitrogen and oxygen atoms in total. The minimum Gasteiger partial charge on any atom is -0.340 e. The molecule has 1 aromatic rings. The van der Waals surface area contributed by atoms with Gasteiger partial charge in [-0.25, -0.2) is 0 Å². The van der Waals surface area contributed by atoms with E-state index in [-0.39, 0.29) is 5.91 Å². The summed E-state index contributed by atoms with van der Waals surface area (Å²) in [5, 5.41) is 8.92. The zero-order chi connectivity index (χ0) is 15.9. The van der Waals surface area contributed by atoms with Gasteiger partial charge in [-0.1, -0.05) is 25.3 Å². The Labute approximate surface area is 133 Å². The van der Waals surface area contributed by atoms with Gasteiger partial charge in [-0.15, -0.1) is 0 Å². The van der Waals surface area contributed by atoms with Gasteiger partial charge in [0.25, 0.3) is 5.91 Å². The lowest BCUT2D eigenvalue weighted by atomic mass is 9.94. The van der Waals surface area contributed by atoms with Gasteiger partial charge in [0, 0.05) is 31.7 Å². The standard InChI is InChI=1S/C18H25N3O/c1-20(17-9-4-3-5-10-17)11-12-21(2)18(22)16-8-6-7-15(13-16)14-19/h6-8,13,17H,3-5,9-12H2,1-2H3. The van der Waals surface area contributed by atoms with E-state index in [1.54, 1.807) is 29.2 Å². The van der Waals surface area contributed by atoms with E-state index in [1.165, 1.54) is 32.1 Å². The lowest BCUT2D eigenvalue weighted by Crippen LogP contribution is -2.40. The molecule has 0 saturated heterocycles. The molecule has 0 bridgehead atoms. The van der Waals surface area contributed by atoms with E-state index < -0.39 is 0 Å². The summed E-state index contributed by atoms with van der Waals surface area (Å²) in [6, 6.07) is 9.64. The van der Waals surface area contributed by atoms with Crippen LogP contribution in [0, 0.1) is 11.3 Å². The number of carbonyl (C=O) groups excluding carboxylic acids is 1. The summed E-state index contributed by atoms with van der Waals surface area (Å²) in [5.41, 5.74) is 1.11. The van der Waals surface area contributed by atoms with Crippen LogP contribution in [0.5, 0.6) is 0 Å². The molecule has 0 radical (unpaired) electrons. The minimum absolute atomic E-state index is 0.0193. The van der Waals surface area contributed by atoms with Crippen molar-refractivity contribution in [3.05, 3.63) is 35.4 Å². The fraction of sp³-hybridized carbons (Fsp3) is 0.556. The van der Waals surface area contributed by atoms with Crippen LogP contribution in [0.15, 0.2) is 24.3 Å². The molecule has 1 aliphatic rings. The molecule has 0 heterocycles. The average Bonchev–Trinajstić information content (AvgIpc) is 2.59. The molecular weight excluding hydrogens is 274 g/mol. The number of nitrogens with zero attached hydrogens (tertiary/aromatic N) is 3. The SMILES string of the molecule is CN(CCN(C)C1CCCCC1)C(=O)c1cccc(C#N)c1. The Morgan fingerprint density at radius 3 is 2.64 bits per heavy atom. The normalized spacial score (nSPS) is 15.5. The zero-order valence-corrected chi connectivity index (χ0v) is 13.6. The molecule has 2 rings (SSSR count). The van der Waals surface area contributed by atoms with Crippen molar-refractivity contribution in [2.45, 2.75) is 38.1 Å². The molecule has 22 heavy (non-hydrogen) atoms. The van der Waals surface area contributed by atoms with Gasteiger partial charge in [0.15, 0.2) is 0 Å². The first-order valence-corrected chi connectivity index (χ1v) is 8.07. The van der Waals surface area contributed by atoms with Crippen LogP contribution in [0.25, 0.3) is 0 Å². The van der Waals surface area contributed by atoms with Crippen LogP contribution in [-0.2, 0) is 0 Å². The summed E-state index contributed by atoms with van der Waals surface area (Å²) in [6.45, 7) is 1.60. The third-order valence-corrected chi connectivity index (χ3v) is 4.57. The van der Waals surface area contributed by atoms with Crippen LogP contribution in [-0.4, -0.2) is 48.9 Å². The number of amides is 1. The summed E-state index contributed by atoms with van der Waals surface area (Å²) < 4.78 is 0. The maximum absolute atomic E-state index is 12.4. The first-order chi connectivity index (χ1) is 10.6.